The largest absolute Gasteiger partial charge is 0.379 e. The Kier molecular flexibility index (Phi) is 4.78. The number of amides is 1. The van der Waals surface area contributed by atoms with Crippen molar-refractivity contribution in [2.75, 3.05) is 32.8 Å². The summed E-state index contributed by atoms with van der Waals surface area (Å²) in [6.45, 7) is 11.6. The lowest BCUT2D eigenvalue weighted by molar-refractivity contribution is -0.117. The van der Waals surface area contributed by atoms with Gasteiger partial charge >= 0.3 is 0 Å². The number of hydrogen-bond acceptors (Lipinski definition) is 3. The van der Waals surface area contributed by atoms with E-state index in [1.54, 1.807) is 6.92 Å². The van der Waals surface area contributed by atoms with E-state index in [1.807, 2.05) is 0 Å². The second kappa shape index (κ2) is 5.88. The van der Waals surface area contributed by atoms with E-state index in [1.165, 1.54) is 0 Å². The molecule has 0 aromatic rings. The topological polar surface area (TPSA) is 41.6 Å². The molecule has 0 bridgehead atoms. The molecule has 0 spiro atoms. The lowest BCUT2D eigenvalue weighted by Crippen LogP contribution is -2.47. The Labute approximate surface area is 91.3 Å². The molecule has 1 amide bonds. The summed E-state index contributed by atoms with van der Waals surface area (Å²) in [4.78, 5) is 13.6. The molecule has 1 saturated heterocycles. The minimum Gasteiger partial charge on any atom is -0.379 e. The van der Waals surface area contributed by atoms with Crippen molar-refractivity contribution < 1.29 is 9.53 Å². The van der Waals surface area contributed by atoms with Crippen LogP contribution in [0.15, 0.2) is 12.2 Å². The molecule has 1 N–H and O–H groups in total. The van der Waals surface area contributed by atoms with Gasteiger partial charge in [0.25, 0.3) is 0 Å². The van der Waals surface area contributed by atoms with Crippen molar-refractivity contribution in [2.24, 2.45) is 0 Å². The SMILES string of the molecule is C=C(C)C(=O)NCC(C)N1CCOCC1. The number of carbonyl (C=O) groups excluding carboxylic acids is 1. The van der Waals surface area contributed by atoms with E-state index in [4.69, 9.17) is 4.74 Å². The molecule has 1 aliphatic rings. The van der Waals surface area contributed by atoms with E-state index in [-0.39, 0.29) is 5.91 Å². The zero-order valence-corrected chi connectivity index (χ0v) is 9.58. The van der Waals surface area contributed by atoms with Gasteiger partial charge in [-0.05, 0) is 13.8 Å². The van der Waals surface area contributed by atoms with E-state index in [0.717, 1.165) is 26.3 Å². The minimum atomic E-state index is -0.0601. The second-order valence-electron chi connectivity index (χ2n) is 3.99. The van der Waals surface area contributed by atoms with Crippen molar-refractivity contribution in [3.63, 3.8) is 0 Å². The zero-order valence-electron chi connectivity index (χ0n) is 9.58. The highest BCUT2D eigenvalue weighted by atomic mass is 16.5. The Bertz CT molecular complexity index is 235. The third-order valence-electron chi connectivity index (χ3n) is 2.61. The van der Waals surface area contributed by atoms with Gasteiger partial charge in [0.05, 0.1) is 13.2 Å². The number of carbonyl (C=O) groups is 1. The third-order valence-corrected chi connectivity index (χ3v) is 2.61. The van der Waals surface area contributed by atoms with Gasteiger partial charge in [0.2, 0.25) is 5.91 Å². The first-order valence-electron chi connectivity index (χ1n) is 5.36. The molecule has 1 heterocycles. The molecule has 86 valence electrons. The number of morpholine rings is 1. The van der Waals surface area contributed by atoms with Crippen molar-refractivity contribution in [1.29, 1.82) is 0 Å². The Morgan fingerprint density at radius 1 is 1.53 bits per heavy atom. The quantitative estimate of drug-likeness (QED) is 0.686. The number of nitrogens with zero attached hydrogens (tertiary/aromatic N) is 1. The smallest absolute Gasteiger partial charge is 0.246 e. The summed E-state index contributed by atoms with van der Waals surface area (Å²) in [5.74, 6) is -0.0601. The van der Waals surface area contributed by atoms with Crippen LogP contribution in [0, 0.1) is 0 Å². The van der Waals surface area contributed by atoms with Crippen LogP contribution in [0.25, 0.3) is 0 Å². The summed E-state index contributed by atoms with van der Waals surface area (Å²) in [5.41, 5.74) is 0.559. The van der Waals surface area contributed by atoms with Crippen LogP contribution in [0.2, 0.25) is 0 Å². The highest BCUT2D eigenvalue weighted by molar-refractivity contribution is 5.92. The molecular formula is C11H20N2O2. The van der Waals surface area contributed by atoms with Gasteiger partial charge in [-0.1, -0.05) is 6.58 Å². The predicted molar refractivity (Wildman–Crippen MR) is 59.7 cm³/mol. The highest BCUT2D eigenvalue weighted by Crippen LogP contribution is 2.02. The van der Waals surface area contributed by atoms with Crippen LogP contribution in [0.1, 0.15) is 13.8 Å². The average Bonchev–Trinajstić information content (AvgIpc) is 2.26. The van der Waals surface area contributed by atoms with Gasteiger partial charge in [-0.2, -0.15) is 0 Å². The fourth-order valence-corrected chi connectivity index (χ4v) is 1.54. The predicted octanol–water partition coefficient (Wildman–Crippen LogP) is 0.399. The van der Waals surface area contributed by atoms with Crippen LogP contribution < -0.4 is 5.32 Å². The van der Waals surface area contributed by atoms with E-state index in [0.29, 0.717) is 18.2 Å². The molecule has 0 aromatic heterocycles. The van der Waals surface area contributed by atoms with Crippen LogP contribution in [-0.4, -0.2) is 49.7 Å². The fourth-order valence-electron chi connectivity index (χ4n) is 1.54. The van der Waals surface area contributed by atoms with E-state index in [2.05, 4.69) is 23.7 Å². The van der Waals surface area contributed by atoms with E-state index >= 15 is 0 Å². The molecule has 1 rings (SSSR count). The Hall–Kier alpha value is -0.870. The summed E-state index contributed by atoms with van der Waals surface area (Å²) >= 11 is 0. The van der Waals surface area contributed by atoms with Gasteiger partial charge in [0.1, 0.15) is 0 Å². The van der Waals surface area contributed by atoms with Crippen molar-refractivity contribution in [2.45, 2.75) is 19.9 Å². The first-order chi connectivity index (χ1) is 7.11. The number of ether oxygens (including phenoxy) is 1. The van der Waals surface area contributed by atoms with Crippen molar-refractivity contribution >= 4 is 5.91 Å². The molecule has 0 aromatic carbocycles. The molecular weight excluding hydrogens is 192 g/mol. The maximum atomic E-state index is 11.3. The standard InChI is InChI=1S/C11H20N2O2/c1-9(2)11(14)12-8-10(3)13-4-6-15-7-5-13/h10H,1,4-8H2,2-3H3,(H,12,14). The van der Waals surface area contributed by atoms with Crippen LogP contribution in [0.3, 0.4) is 0 Å². The van der Waals surface area contributed by atoms with Crippen LogP contribution >= 0.6 is 0 Å². The van der Waals surface area contributed by atoms with Gasteiger partial charge in [-0.3, -0.25) is 9.69 Å². The maximum absolute atomic E-state index is 11.3. The van der Waals surface area contributed by atoms with Gasteiger partial charge < -0.3 is 10.1 Å². The molecule has 0 saturated carbocycles. The average molecular weight is 212 g/mol. The molecule has 1 atom stereocenters. The molecule has 0 aliphatic carbocycles. The van der Waals surface area contributed by atoms with Crippen LogP contribution in [0.4, 0.5) is 0 Å². The van der Waals surface area contributed by atoms with Gasteiger partial charge in [-0.15, -0.1) is 0 Å². The summed E-state index contributed by atoms with van der Waals surface area (Å²) in [7, 11) is 0. The van der Waals surface area contributed by atoms with Gasteiger partial charge in [-0.25, -0.2) is 0 Å². The van der Waals surface area contributed by atoms with Crippen molar-refractivity contribution in [3.8, 4) is 0 Å². The number of rotatable bonds is 4. The summed E-state index contributed by atoms with van der Waals surface area (Å²) in [6.07, 6.45) is 0. The molecule has 4 nitrogen and oxygen atoms in total. The number of hydrogen-bond donors (Lipinski definition) is 1. The highest BCUT2D eigenvalue weighted by Gasteiger charge is 2.17. The van der Waals surface area contributed by atoms with Gasteiger partial charge in [0.15, 0.2) is 0 Å². The summed E-state index contributed by atoms with van der Waals surface area (Å²) < 4.78 is 5.27. The van der Waals surface area contributed by atoms with Gasteiger partial charge in [0, 0.05) is 31.2 Å². The number of nitrogens with one attached hydrogen (secondary N) is 1. The molecule has 1 fully saturated rings. The Balaban J connectivity index is 2.25. The maximum Gasteiger partial charge on any atom is 0.246 e. The van der Waals surface area contributed by atoms with Crippen LogP contribution in [-0.2, 0) is 9.53 Å². The summed E-state index contributed by atoms with van der Waals surface area (Å²) in [5, 5.41) is 2.86. The molecule has 15 heavy (non-hydrogen) atoms. The lowest BCUT2D eigenvalue weighted by atomic mass is 10.2. The van der Waals surface area contributed by atoms with Crippen LogP contribution in [0.5, 0.6) is 0 Å². The monoisotopic (exact) mass is 212 g/mol. The minimum absolute atomic E-state index is 0.0601. The normalized spacial score (nSPS) is 19.6. The molecule has 1 aliphatic heterocycles. The molecule has 4 heteroatoms. The second-order valence-corrected chi connectivity index (χ2v) is 3.99. The fraction of sp³-hybridized carbons (Fsp3) is 0.727. The van der Waals surface area contributed by atoms with E-state index in [9.17, 15) is 4.79 Å². The first-order valence-corrected chi connectivity index (χ1v) is 5.36. The van der Waals surface area contributed by atoms with E-state index < -0.39 is 0 Å². The summed E-state index contributed by atoms with van der Waals surface area (Å²) in [6, 6.07) is 0.359. The van der Waals surface area contributed by atoms with Crippen molar-refractivity contribution in [1.82, 2.24) is 10.2 Å². The van der Waals surface area contributed by atoms with Crippen molar-refractivity contribution in [3.05, 3.63) is 12.2 Å². The third kappa shape index (κ3) is 4.01. The lowest BCUT2D eigenvalue weighted by Gasteiger charge is -2.32. The Morgan fingerprint density at radius 2 is 2.13 bits per heavy atom. The first kappa shape index (κ1) is 12.2. The molecule has 0 radical (unpaired) electrons. The zero-order chi connectivity index (χ0) is 11.3. The Morgan fingerprint density at radius 3 is 2.67 bits per heavy atom. The molecule has 1 unspecified atom stereocenters.